The summed E-state index contributed by atoms with van der Waals surface area (Å²) in [7, 11) is 0. The van der Waals surface area contributed by atoms with Gasteiger partial charge in [0.05, 0.1) is 4.91 Å². The number of aryl methyl sites for hydroxylation is 2. The Morgan fingerprint density at radius 1 is 1.13 bits per heavy atom. The van der Waals surface area contributed by atoms with Gasteiger partial charge in [0.25, 0.3) is 11.5 Å². The number of nitrogens with zero attached hydrogens (tertiary/aromatic N) is 3. The van der Waals surface area contributed by atoms with Gasteiger partial charge in [-0.3, -0.25) is 18.9 Å². The Morgan fingerprint density at radius 2 is 1.87 bits per heavy atom. The number of para-hydroxylation sites is 1. The molecule has 1 saturated heterocycles. The zero-order valence-electron chi connectivity index (χ0n) is 17.4. The molecule has 8 heteroatoms. The molecule has 0 spiro atoms. The maximum Gasteiger partial charge on any atom is 0.269 e. The Balaban J connectivity index is 1.90. The van der Waals surface area contributed by atoms with Crippen LogP contribution < -0.4 is 10.3 Å². The minimum atomic E-state index is -0.307. The molecule has 1 aliphatic rings. The van der Waals surface area contributed by atoms with E-state index in [2.05, 4.69) is 4.98 Å². The Morgan fingerprint density at radius 3 is 2.61 bits per heavy atom. The van der Waals surface area contributed by atoms with E-state index in [1.54, 1.807) is 23.2 Å². The van der Waals surface area contributed by atoms with E-state index in [4.69, 9.17) is 17.0 Å². The SMILES string of the molecule is CCCN1C(=O)/C(=C\c2c(Oc3ccccc3C)nc3c(C)cccn3c2=O)SC1=S. The van der Waals surface area contributed by atoms with Crippen LogP contribution in [-0.4, -0.2) is 31.1 Å². The second-order valence-electron chi connectivity index (χ2n) is 7.22. The average molecular weight is 452 g/mol. The number of hydrogen-bond donors (Lipinski definition) is 0. The van der Waals surface area contributed by atoms with Crippen molar-refractivity contribution in [3.05, 3.63) is 74.5 Å². The fourth-order valence-corrected chi connectivity index (χ4v) is 4.61. The first-order chi connectivity index (χ1) is 14.9. The average Bonchev–Trinajstić information content (AvgIpc) is 3.01. The molecule has 0 N–H and O–H groups in total. The van der Waals surface area contributed by atoms with Crippen LogP contribution in [0, 0.1) is 13.8 Å². The van der Waals surface area contributed by atoms with Crippen LogP contribution in [0.4, 0.5) is 0 Å². The molecule has 3 aromatic rings. The van der Waals surface area contributed by atoms with Crippen LogP contribution in [0.1, 0.15) is 30.0 Å². The number of amides is 1. The Kier molecular flexibility index (Phi) is 5.93. The summed E-state index contributed by atoms with van der Waals surface area (Å²) >= 11 is 6.54. The molecule has 1 aliphatic heterocycles. The highest BCUT2D eigenvalue weighted by molar-refractivity contribution is 8.26. The summed E-state index contributed by atoms with van der Waals surface area (Å²) in [5.74, 6) is 0.558. The topological polar surface area (TPSA) is 63.9 Å². The zero-order valence-corrected chi connectivity index (χ0v) is 19.0. The number of thiocarbonyl (C=S) groups is 1. The van der Waals surface area contributed by atoms with Gasteiger partial charge >= 0.3 is 0 Å². The fourth-order valence-electron chi connectivity index (χ4n) is 3.32. The standard InChI is InChI=1S/C23H21N3O3S2/c1-4-11-26-22(28)18(31-23(26)30)13-16-20(29-17-10-6-5-8-14(17)2)24-19-15(3)9-7-12-25(19)21(16)27/h5-10,12-13H,4,11H2,1-3H3/b18-13+. The summed E-state index contributed by atoms with van der Waals surface area (Å²) in [5, 5.41) is 0. The maximum absolute atomic E-state index is 13.4. The molecule has 1 fully saturated rings. The largest absolute Gasteiger partial charge is 0.438 e. The molecule has 4 rings (SSSR count). The molecule has 1 aromatic carbocycles. The first-order valence-electron chi connectivity index (χ1n) is 9.91. The highest BCUT2D eigenvalue weighted by atomic mass is 32.2. The number of thioether (sulfide) groups is 1. The molecule has 0 atom stereocenters. The van der Waals surface area contributed by atoms with Crippen molar-refractivity contribution < 1.29 is 9.53 Å². The normalized spacial score (nSPS) is 15.3. The molecule has 0 saturated carbocycles. The summed E-state index contributed by atoms with van der Waals surface area (Å²) in [6.07, 6.45) is 4.00. The number of carbonyl (C=O) groups is 1. The van der Waals surface area contributed by atoms with E-state index in [0.29, 0.717) is 27.2 Å². The van der Waals surface area contributed by atoms with Gasteiger partial charge in [-0.25, -0.2) is 0 Å². The monoisotopic (exact) mass is 451 g/mol. The molecule has 0 bridgehead atoms. The number of rotatable bonds is 5. The molecule has 31 heavy (non-hydrogen) atoms. The van der Waals surface area contributed by atoms with Crippen molar-refractivity contribution in [2.45, 2.75) is 27.2 Å². The van der Waals surface area contributed by atoms with Gasteiger partial charge in [-0.15, -0.1) is 0 Å². The summed E-state index contributed by atoms with van der Waals surface area (Å²) in [6.45, 7) is 6.33. The van der Waals surface area contributed by atoms with Crippen LogP contribution in [0.25, 0.3) is 11.7 Å². The minimum absolute atomic E-state index is 0.161. The molecule has 0 aliphatic carbocycles. The fraction of sp³-hybridized carbons (Fsp3) is 0.217. The Hall–Kier alpha value is -2.97. The third-order valence-corrected chi connectivity index (χ3v) is 6.32. The summed E-state index contributed by atoms with van der Waals surface area (Å²) in [6, 6.07) is 11.2. The first-order valence-corrected chi connectivity index (χ1v) is 11.1. The van der Waals surface area contributed by atoms with Gasteiger partial charge in [-0.1, -0.05) is 55.2 Å². The van der Waals surface area contributed by atoms with Crippen molar-refractivity contribution in [1.82, 2.24) is 14.3 Å². The molecule has 2 aromatic heterocycles. The lowest BCUT2D eigenvalue weighted by Gasteiger charge is -2.13. The summed E-state index contributed by atoms with van der Waals surface area (Å²) in [5.41, 5.74) is 2.16. The second kappa shape index (κ2) is 8.64. The van der Waals surface area contributed by atoms with E-state index in [0.717, 1.165) is 17.5 Å². The van der Waals surface area contributed by atoms with Gasteiger partial charge in [-0.2, -0.15) is 4.98 Å². The van der Waals surface area contributed by atoms with Crippen LogP contribution >= 0.6 is 24.0 Å². The molecular formula is C23H21N3O3S2. The van der Waals surface area contributed by atoms with Crippen LogP contribution in [0.3, 0.4) is 0 Å². The molecule has 3 heterocycles. The van der Waals surface area contributed by atoms with Gasteiger partial charge in [0.1, 0.15) is 21.3 Å². The second-order valence-corrected chi connectivity index (χ2v) is 8.90. The van der Waals surface area contributed by atoms with Crippen molar-refractivity contribution in [3.63, 3.8) is 0 Å². The van der Waals surface area contributed by atoms with Crippen molar-refractivity contribution in [3.8, 4) is 11.6 Å². The Labute approximate surface area is 189 Å². The van der Waals surface area contributed by atoms with Crippen molar-refractivity contribution in [2.75, 3.05) is 6.54 Å². The lowest BCUT2D eigenvalue weighted by atomic mass is 10.2. The number of pyridine rings is 1. The zero-order chi connectivity index (χ0) is 22.1. The maximum atomic E-state index is 13.4. The molecule has 0 unspecified atom stereocenters. The third kappa shape index (κ3) is 4.00. The highest BCUT2D eigenvalue weighted by Crippen LogP contribution is 2.34. The number of aromatic nitrogens is 2. The Bertz CT molecular complexity index is 1300. The van der Waals surface area contributed by atoms with E-state index in [-0.39, 0.29) is 22.9 Å². The van der Waals surface area contributed by atoms with Crippen LogP contribution in [0.5, 0.6) is 11.6 Å². The van der Waals surface area contributed by atoms with Gasteiger partial charge in [0.2, 0.25) is 5.88 Å². The molecule has 1 amide bonds. The van der Waals surface area contributed by atoms with Gasteiger partial charge in [-0.05, 0) is 49.6 Å². The summed E-state index contributed by atoms with van der Waals surface area (Å²) in [4.78, 5) is 32.8. The van der Waals surface area contributed by atoms with Gasteiger partial charge < -0.3 is 4.74 Å². The quantitative estimate of drug-likeness (QED) is 0.413. The lowest BCUT2D eigenvalue weighted by molar-refractivity contribution is -0.122. The number of ether oxygens (including phenoxy) is 1. The van der Waals surface area contributed by atoms with E-state index >= 15 is 0 Å². The number of hydrogen-bond acceptors (Lipinski definition) is 6. The minimum Gasteiger partial charge on any atom is -0.438 e. The van der Waals surface area contributed by atoms with E-state index in [9.17, 15) is 9.59 Å². The lowest BCUT2D eigenvalue weighted by Crippen LogP contribution is -2.28. The number of benzene rings is 1. The predicted molar refractivity (Wildman–Crippen MR) is 128 cm³/mol. The van der Waals surface area contributed by atoms with E-state index in [1.807, 2.05) is 51.1 Å². The first kappa shape index (κ1) is 21.3. The third-order valence-electron chi connectivity index (χ3n) is 4.95. The van der Waals surface area contributed by atoms with E-state index in [1.165, 1.54) is 16.2 Å². The van der Waals surface area contributed by atoms with Crippen LogP contribution in [0.2, 0.25) is 0 Å². The number of fused-ring (bicyclic) bond motifs is 1. The smallest absolute Gasteiger partial charge is 0.269 e. The van der Waals surface area contributed by atoms with Crippen LogP contribution in [-0.2, 0) is 4.79 Å². The highest BCUT2D eigenvalue weighted by Gasteiger charge is 2.32. The van der Waals surface area contributed by atoms with Gasteiger partial charge in [0.15, 0.2) is 0 Å². The predicted octanol–water partition coefficient (Wildman–Crippen LogP) is 4.71. The van der Waals surface area contributed by atoms with E-state index < -0.39 is 0 Å². The van der Waals surface area contributed by atoms with Crippen molar-refractivity contribution in [1.29, 1.82) is 0 Å². The summed E-state index contributed by atoms with van der Waals surface area (Å²) < 4.78 is 8.06. The molecule has 6 nitrogen and oxygen atoms in total. The van der Waals surface area contributed by atoms with Crippen molar-refractivity contribution in [2.24, 2.45) is 0 Å². The molecule has 158 valence electrons. The van der Waals surface area contributed by atoms with Crippen LogP contribution in [0.15, 0.2) is 52.3 Å². The molecular weight excluding hydrogens is 430 g/mol. The van der Waals surface area contributed by atoms with Gasteiger partial charge in [0, 0.05) is 12.7 Å². The molecule has 0 radical (unpaired) electrons. The van der Waals surface area contributed by atoms with Crippen molar-refractivity contribution >= 4 is 45.9 Å². The number of carbonyl (C=O) groups excluding carboxylic acids is 1.